The molecule has 0 radical (unpaired) electrons. The molecule has 1 aliphatic heterocycles. The normalized spacial score (nSPS) is 18.3. The molecular weight excluding hydrogens is 344 g/mol. The first kappa shape index (κ1) is 17.5. The zero-order chi connectivity index (χ0) is 19.1. The molecule has 3 aromatic heterocycles. The van der Waals surface area contributed by atoms with E-state index in [4.69, 9.17) is 9.72 Å². The van der Waals surface area contributed by atoms with Crippen molar-refractivity contribution in [3.05, 3.63) is 24.7 Å². The number of ether oxygens (including phenoxy) is 1. The molecule has 0 bridgehead atoms. The van der Waals surface area contributed by atoms with Crippen molar-refractivity contribution >= 4 is 16.8 Å². The first-order valence-electron chi connectivity index (χ1n) is 9.23. The number of pyridine rings is 1. The fraction of sp³-hybridized carbons (Fsp3) is 0.474. The molecule has 1 saturated heterocycles. The molecule has 1 amide bonds. The Morgan fingerprint density at radius 2 is 2.11 bits per heavy atom. The van der Waals surface area contributed by atoms with E-state index in [-0.39, 0.29) is 24.0 Å². The molecule has 27 heavy (non-hydrogen) atoms. The van der Waals surface area contributed by atoms with Crippen molar-refractivity contribution in [3.63, 3.8) is 0 Å². The summed E-state index contributed by atoms with van der Waals surface area (Å²) in [5, 5.41) is 12.6. The van der Waals surface area contributed by atoms with Crippen molar-refractivity contribution in [2.75, 3.05) is 6.54 Å². The number of rotatable bonds is 5. The highest BCUT2D eigenvalue weighted by Crippen LogP contribution is 2.30. The molecule has 142 valence electrons. The molecule has 0 aromatic carbocycles. The maximum atomic E-state index is 11.5. The average molecular weight is 368 g/mol. The number of hydrogen-bond donors (Lipinski definition) is 1. The summed E-state index contributed by atoms with van der Waals surface area (Å²) in [5.41, 5.74) is 2.52. The SMILES string of the molecule is CC(Oc1nc(-c2cnn(C(C)C)c2)cc2nn(C)cc12)C1CNC(=O)C1. The standard InChI is InChI=1S/C19H24N6O2/c1-11(2)25-9-14(8-21-25)16-6-17-15(10-24(4)23-17)19(22-16)27-12(3)13-5-18(26)20-7-13/h6,8-13H,5,7H2,1-4H3,(H,20,26). The largest absolute Gasteiger partial charge is 0.474 e. The van der Waals surface area contributed by atoms with Gasteiger partial charge in [0.25, 0.3) is 0 Å². The molecule has 1 aliphatic rings. The molecule has 0 spiro atoms. The van der Waals surface area contributed by atoms with E-state index in [1.54, 1.807) is 4.68 Å². The van der Waals surface area contributed by atoms with Crippen molar-refractivity contribution in [2.24, 2.45) is 13.0 Å². The van der Waals surface area contributed by atoms with Crippen LogP contribution in [0.15, 0.2) is 24.7 Å². The van der Waals surface area contributed by atoms with Crippen LogP contribution in [-0.4, -0.2) is 43.1 Å². The van der Waals surface area contributed by atoms with Crippen LogP contribution in [0.4, 0.5) is 0 Å². The van der Waals surface area contributed by atoms with Gasteiger partial charge in [-0.2, -0.15) is 10.2 Å². The van der Waals surface area contributed by atoms with Gasteiger partial charge >= 0.3 is 0 Å². The van der Waals surface area contributed by atoms with Crippen LogP contribution in [0.2, 0.25) is 0 Å². The highest BCUT2D eigenvalue weighted by Gasteiger charge is 2.29. The van der Waals surface area contributed by atoms with E-state index in [2.05, 4.69) is 29.4 Å². The molecule has 1 N–H and O–H groups in total. The number of aromatic nitrogens is 5. The first-order chi connectivity index (χ1) is 12.9. The monoisotopic (exact) mass is 368 g/mol. The molecule has 4 rings (SSSR count). The molecule has 8 nitrogen and oxygen atoms in total. The van der Waals surface area contributed by atoms with Crippen LogP contribution in [0, 0.1) is 5.92 Å². The molecule has 2 unspecified atom stereocenters. The maximum Gasteiger partial charge on any atom is 0.225 e. The second-order valence-corrected chi connectivity index (χ2v) is 7.44. The van der Waals surface area contributed by atoms with Gasteiger partial charge < -0.3 is 10.1 Å². The second kappa shape index (κ2) is 6.68. The maximum absolute atomic E-state index is 11.5. The summed E-state index contributed by atoms with van der Waals surface area (Å²) in [4.78, 5) is 16.3. The van der Waals surface area contributed by atoms with Gasteiger partial charge in [0.15, 0.2) is 0 Å². The second-order valence-electron chi connectivity index (χ2n) is 7.44. The van der Waals surface area contributed by atoms with Gasteiger partial charge in [-0.25, -0.2) is 4.98 Å². The summed E-state index contributed by atoms with van der Waals surface area (Å²) >= 11 is 0. The third-order valence-electron chi connectivity index (χ3n) is 4.98. The zero-order valence-electron chi connectivity index (χ0n) is 16.0. The van der Waals surface area contributed by atoms with E-state index in [9.17, 15) is 4.79 Å². The number of amides is 1. The smallest absolute Gasteiger partial charge is 0.225 e. The molecule has 0 aliphatic carbocycles. The van der Waals surface area contributed by atoms with Crippen LogP contribution in [0.3, 0.4) is 0 Å². The highest BCUT2D eigenvalue weighted by molar-refractivity contribution is 5.86. The molecule has 1 fully saturated rings. The lowest BCUT2D eigenvalue weighted by Crippen LogP contribution is -2.26. The third kappa shape index (κ3) is 3.39. The van der Waals surface area contributed by atoms with Gasteiger partial charge in [-0.1, -0.05) is 0 Å². The third-order valence-corrected chi connectivity index (χ3v) is 4.98. The number of nitrogens with one attached hydrogen (secondary N) is 1. The summed E-state index contributed by atoms with van der Waals surface area (Å²) in [5.74, 6) is 0.753. The van der Waals surface area contributed by atoms with Crippen LogP contribution in [0.25, 0.3) is 22.2 Å². The van der Waals surface area contributed by atoms with Crippen LogP contribution >= 0.6 is 0 Å². The van der Waals surface area contributed by atoms with E-state index in [0.29, 0.717) is 18.8 Å². The lowest BCUT2D eigenvalue weighted by atomic mass is 10.0. The van der Waals surface area contributed by atoms with Gasteiger partial charge in [0.2, 0.25) is 11.8 Å². The minimum absolute atomic E-state index is 0.0739. The van der Waals surface area contributed by atoms with Crippen molar-refractivity contribution in [3.8, 4) is 17.1 Å². The molecule has 3 aromatic rings. The van der Waals surface area contributed by atoms with Crippen LogP contribution in [-0.2, 0) is 11.8 Å². The van der Waals surface area contributed by atoms with Gasteiger partial charge in [0.1, 0.15) is 6.10 Å². The van der Waals surface area contributed by atoms with Gasteiger partial charge in [0, 0.05) is 49.9 Å². The number of aryl methyl sites for hydroxylation is 1. The van der Waals surface area contributed by atoms with E-state index in [1.165, 1.54) is 0 Å². The fourth-order valence-electron chi connectivity index (χ4n) is 3.33. The molecular formula is C19H24N6O2. The molecule has 4 heterocycles. The van der Waals surface area contributed by atoms with Crippen molar-refractivity contribution in [1.82, 2.24) is 29.9 Å². The summed E-state index contributed by atoms with van der Waals surface area (Å²) in [6.45, 7) is 6.79. The molecule has 8 heteroatoms. The lowest BCUT2D eigenvalue weighted by molar-refractivity contribution is -0.119. The van der Waals surface area contributed by atoms with E-state index < -0.39 is 0 Å². The van der Waals surface area contributed by atoms with Crippen molar-refractivity contribution in [1.29, 1.82) is 0 Å². The summed E-state index contributed by atoms with van der Waals surface area (Å²) < 4.78 is 9.86. The Kier molecular flexibility index (Phi) is 4.33. The Morgan fingerprint density at radius 3 is 2.78 bits per heavy atom. The van der Waals surface area contributed by atoms with Crippen molar-refractivity contribution in [2.45, 2.75) is 39.3 Å². The minimum Gasteiger partial charge on any atom is -0.474 e. The number of nitrogens with zero attached hydrogens (tertiary/aromatic N) is 5. The Bertz CT molecular complexity index is 989. The quantitative estimate of drug-likeness (QED) is 0.747. The topological polar surface area (TPSA) is 86.9 Å². The first-order valence-corrected chi connectivity index (χ1v) is 9.23. The minimum atomic E-state index is -0.131. The fourth-order valence-corrected chi connectivity index (χ4v) is 3.33. The van der Waals surface area contributed by atoms with Gasteiger partial charge in [0.05, 0.1) is 22.8 Å². The number of fused-ring (bicyclic) bond motifs is 1. The summed E-state index contributed by atoms with van der Waals surface area (Å²) in [7, 11) is 1.88. The van der Waals surface area contributed by atoms with Crippen molar-refractivity contribution < 1.29 is 9.53 Å². The number of hydrogen-bond acceptors (Lipinski definition) is 5. The Hall–Kier alpha value is -2.90. The van der Waals surface area contributed by atoms with Crippen LogP contribution in [0.5, 0.6) is 5.88 Å². The molecule has 0 saturated carbocycles. The number of carbonyl (C=O) groups is 1. The Morgan fingerprint density at radius 1 is 1.30 bits per heavy atom. The van der Waals surface area contributed by atoms with Crippen LogP contribution < -0.4 is 10.1 Å². The number of carbonyl (C=O) groups excluding carboxylic acids is 1. The summed E-state index contributed by atoms with van der Waals surface area (Å²) in [6.07, 6.45) is 6.05. The van der Waals surface area contributed by atoms with Gasteiger partial charge in [-0.05, 0) is 26.8 Å². The Labute approximate surface area is 157 Å². The average Bonchev–Trinajstić information content (AvgIpc) is 3.32. The lowest BCUT2D eigenvalue weighted by Gasteiger charge is -2.19. The summed E-state index contributed by atoms with van der Waals surface area (Å²) in [6, 6.07) is 2.23. The van der Waals surface area contributed by atoms with Crippen LogP contribution in [0.1, 0.15) is 33.2 Å². The van der Waals surface area contributed by atoms with E-state index >= 15 is 0 Å². The molecule has 2 atom stereocenters. The highest BCUT2D eigenvalue weighted by atomic mass is 16.5. The van der Waals surface area contributed by atoms with Gasteiger partial charge in [-0.3, -0.25) is 14.2 Å². The predicted octanol–water partition coefficient (Wildman–Crippen LogP) is 2.32. The Balaban J connectivity index is 1.70. The van der Waals surface area contributed by atoms with E-state index in [1.807, 2.05) is 43.3 Å². The zero-order valence-corrected chi connectivity index (χ0v) is 16.0. The van der Waals surface area contributed by atoms with E-state index in [0.717, 1.165) is 22.2 Å². The van der Waals surface area contributed by atoms with Gasteiger partial charge in [-0.15, -0.1) is 0 Å². The predicted molar refractivity (Wildman–Crippen MR) is 101 cm³/mol.